The van der Waals surface area contributed by atoms with E-state index in [0.717, 1.165) is 30.8 Å². The van der Waals surface area contributed by atoms with Gasteiger partial charge in [-0.05, 0) is 43.3 Å². The lowest BCUT2D eigenvalue weighted by Gasteiger charge is -2.16. The average Bonchev–Trinajstić information content (AvgIpc) is 2.46. The van der Waals surface area contributed by atoms with Crippen molar-refractivity contribution in [1.82, 2.24) is 4.90 Å². The van der Waals surface area contributed by atoms with Crippen molar-refractivity contribution in [2.24, 2.45) is 0 Å². The van der Waals surface area contributed by atoms with Crippen molar-refractivity contribution in [3.05, 3.63) is 59.9 Å². The van der Waals surface area contributed by atoms with E-state index in [0.29, 0.717) is 12.3 Å². The molecular formula is C17H21FN2O. The van der Waals surface area contributed by atoms with Gasteiger partial charge in [0.15, 0.2) is 0 Å². The molecule has 0 saturated heterocycles. The highest BCUT2D eigenvalue weighted by Gasteiger charge is 2.01. The van der Waals surface area contributed by atoms with Gasteiger partial charge in [-0.25, -0.2) is 4.39 Å². The molecule has 0 fully saturated rings. The molecule has 0 radical (unpaired) electrons. The molecule has 2 rings (SSSR count). The van der Waals surface area contributed by atoms with Crippen molar-refractivity contribution >= 4 is 5.69 Å². The zero-order valence-electron chi connectivity index (χ0n) is 12.3. The van der Waals surface area contributed by atoms with Crippen molar-refractivity contribution in [1.29, 1.82) is 0 Å². The fraction of sp³-hybridized carbons (Fsp3) is 0.294. The number of nitrogens with zero attached hydrogens (tertiary/aromatic N) is 1. The molecule has 4 heteroatoms. The van der Waals surface area contributed by atoms with E-state index in [1.54, 1.807) is 0 Å². The predicted molar refractivity (Wildman–Crippen MR) is 83.7 cm³/mol. The molecule has 2 N–H and O–H groups in total. The molecular weight excluding hydrogens is 267 g/mol. The molecule has 0 aliphatic carbocycles. The van der Waals surface area contributed by atoms with Crippen molar-refractivity contribution < 1.29 is 9.13 Å². The summed E-state index contributed by atoms with van der Waals surface area (Å²) >= 11 is 0. The van der Waals surface area contributed by atoms with Crippen LogP contribution in [0.3, 0.4) is 0 Å². The molecule has 0 spiro atoms. The number of ether oxygens (including phenoxy) is 1. The molecule has 0 amide bonds. The number of nitrogen functional groups attached to an aromatic ring is 1. The molecule has 0 aliphatic heterocycles. The number of benzene rings is 2. The molecule has 0 atom stereocenters. The van der Waals surface area contributed by atoms with E-state index in [-0.39, 0.29) is 5.82 Å². The van der Waals surface area contributed by atoms with Gasteiger partial charge < -0.3 is 15.4 Å². The summed E-state index contributed by atoms with van der Waals surface area (Å²) in [5.74, 6) is 0.605. The van der Waals surface area contributed by atoms with Gasteiger partial charge in [-0.3, -0.25) is 0 Å². The lowest BCUT2D eigenvalue weighted by molar-refractivity contribution is 0.259. The minimum Gasteiger partial charge on any atom is -0.493 e. The molecule has 2 aromatic rings. The summed E-state index contributed by atoms with van der Waals surface area (Å²) in [4.78, 5) is 2.19. The maximum absolute atomic E-state index is 12.8. The molecule has 0 bridgehead atoms. The summed E-state index contributed by atoms with van der Waals surface area (Å²) < 4.78 is 18.5. The Hall–Kier alpha value is -2.07. The smallest absolute Gasteiger partial charge is 0.123 e. The zero-order valence-corrected chi connectivity index (χ0v) is 12.3. The first-order valence-corrected chi connectivity index (χ1v) is 7.05. The van der Waals surface area contributed by atoms with Gasteiger partial charge in [0, 0.05) is 24.8 Å². The Kier molecular flexibility index (Phi) is 5.58. The van der Waals surface area contributed by atoms with E-state index in [9.17, 15) is 4.39 Å². The summed E-state index contributed by atoms with van der Waals surface area (Å²) in [6, 6.07) is 14.1. The monoisotopic (exact) mass is 288 g/mol. The number of nitrogens with two attached hydrogens (primary N) is 1. The van der Waals surface area contributed by atoms with E-state index < -0.39 is 0 Å². The van der Waals surface area contributed by atoms with Gasteiger partial charge in [0.1, 0.15) is 11.6 Å². The second kappa shape index (κ2) is 7.64. The lowest BCUT2D eigenvalue weighted by Crippen LogP contribution is -2.20. The second-order valence-corrected chi connectivity index (χ2v) is 5.14. The molecule has 21 heavy (non-hydrogen) atoms. The maximum Gasteiger partial charge on any atom is 0.123 e. The average molecular weight is 288 g/mol. The van der Waals surface area contributed by atoms with Crippen LogP contribution in [0.15, 0.2) is 48.5 Å². The molecule has 0 heterocycles. The third-order valence-corrected chi connectivity index (χ3v) is 3.18. The largest absolute Gasteiger partial charge is 0.493 e. The first-order valence-electron chi connectivity index (χ1n) is 7.05. The van der Waals surface area contributed by atoms with Gasteiger partial charge in [-0.15, -0.1) is 0 Å². The van der Waals surface area contributed by atoms with Crippen LogP contribution >= 0.6 is 0 Å². The third kappa shape index (κ3) is 5.44. The van der Waals surface area contributed by atoms with Crippen LogP contribution in [0.25, 0.3) is 0 Å². The van der Waals surface area contributed by atoms with Crippen LogP contribution in [0.4, 0.5) is 10.1 Å². The van der Waals surface area contributed by atoms with Gasteiger partial charge in [0.2, 0.25) is 0 Å². The lowest BCUT2D eigenvalue weighted by atomic mass is 10.2. The van der Waals surface area contributed by atoms with Crippen LogP contribution < -0.4 is 10.5 Å². The van der Waals surface area contributed by atoms with Crippen LogP contribution in [-0.4, -0.2) is 25.1 Å². The molecule has 2 aromatic carbocycles. The summed E-state index contributed by atoms with van der Waals surface area (Å²) in [5, 5.41) is 0. The summed E-state index contributed by atoms with van der Waals surface area (Å²) in [5.41, 5.74) is 7.51. The van der Waals surface area contributed by atoms with Crippen molar-refractivity contribution in [2.45, 2.75) is 13.0 Å². The number of anilines is 1. The van der Waals surface area contributed by atoms with E-state index in [1.165, 1.54) is 12.1 Å². The number of rotatable bonds is 7. The van der Waals surface area contributed by atoms with Crippen molar-refractivity contribution in [2.75, 3.05) is 25.9 Å². The Balaban J connectivity index is 1.67. The predicted octanol–water partition coefficient (Wildman–Crippen LogP) is 3.31. The Bertz CT molecular complexity index is 557. The standard InChI is InChI=1S/C17H21FN2O/c1-20(13-14-6-8-15(18)9-7-14)10-3-11-21-17-5-2-4-16(19)12-17/h2,4-9,12H,3,10-11,13,19H2,1H3. The molecule has 0 aromatic heterocycles. The third-order valence-electron chi connectivity index (χ3n) is 3.18. The fourth-order valence-electron chi connectivity index (χ4n) is 2.11. The van der Waals surface area contributed by atoms with E-state index in [1.807, 2.05) is 43.4 Å². The highest BCUT2D eigenvalue weighted by molar-refractivity contribution is 5.43. The Morgan fingerprint density at radius 1 is 1.14 bits per heavy atom. The number of hydrogen-bond acceptors (Lipinski definition) is 3. The Labute approximate surface area is 125 Å². The number of halogens is 1. The van der Waals surface area contributed by atoms with E-state index in [4.69, 9.17) is 10.5 Å². The SMILES string of the molecule is CN(CCCOc1cccc(N)c1)Cc1ccc(F)cc1. The van der Waals surface area contributed by atoms with Gasteiger partial charge in [-0.2, -0.15) is 0 Å². The van der Waals surface area contributed by atoms with Crippen molar-refractivity contribution in [3.8, 4) is 5.75 Å². The minimum absolute atomic E-state index is 0.197. The van der Waals surface area contributed by atoms with Crippen LogP contribution in [0, 0.1) is 5.82 Å². The molecule has 112 valence electrons. The van der Waals surface area contributed by atoms with Gasteiger partial charge in [0.25, 0.3) is 0 Å². The maximum atomic E-state index is 12.8. The highest BCUT2D eigenvalue weighted by atomic mass is 19.1. The zero-order chi connectivity index (χ0) is 15.1. The summed E-state index contributed by atoms with van der Waals surface area (Å²) in [6.07, 6.45) is 0.923. The first kappa shape index (κ1) is 15.3. The van der Waals surface area contributed by atoms with Crippen LogP contribution in [0.1, 0.15) is 12.0 Å². The second-order valence-electron chi connectivity index (χ2n) is 5.14. The van der Waals surface area contributed by atoms with Gasteiger partial charge in [-0.1, -0.05) is 18.2 Å². The van der Waals surface area contributed by atoms with Gasteiger partial charge in [0.05, 0.1) is 6.61 Å². The summed E-state index contributed by atoms with van der Waals surface area (Å²) in [7, 11) is 2.05. The fourth-order valence-corrected chi connectivity index (χ4v) is 2.11. The normalized spacial score (nSPS) is 10.8. The molecule has 0 aliphatic rings. The Morgan fingerprint density at radius 2 is 1.90 bits per heavy atom. The van der Waals surface area contributed by atoms with Crippen LogP contribution in [0.5, 0.6) is 5.75 Å². The van der Waals surface area contributed by atoms with Crippen molar-refractivity contribution in [3.63, 3.8) is 0 Å². The quantitative estimate of drug-likeness (QED) is 0.627. The molecule has 0 unspecified atom stereocenters. The number of hydrogen-bond donors (Lipinski definition) is 1. The van der Waals surface area contributed by atoms with Crippen LogP contribution in [-0.2, 0) is 6.54 Å². The van der Waals surface area contributed by atoms with Gasteiger partial charge >= 0.3 is 0 Å². The van der Waals surface area contributed by atoms with E-state index >= 15 is 0 Å². The van der Waals surface area contributed by atoms with E-state index in [2.05, 4.69) is 4.90 Å². The first-order chi connectivity index (χ1) is 10.1. The Morgan fingerprint density at radius 3 is 2.62 bits per heavy atom. The molecule has 3 nitrogen and oxygen atoms in total. The topological polar surface area (TPSA) is 38.5 Å². The molecule has 0 saturated carbocycles. The highest BCUT2D eigenvalue weighted by Crippen LogP contribution is 2.14. The summed E-state index contributed by atoms with van der Waals surface area (Å²) in [6.45, 7) is 2.37. The van der Waals surface area contributed by atoms with Crippen LogP contribution in [0.2, 0.25) is 0 Å². The minimum atomic E-state index is -0.197.